The van der Waals surface area contributed by atoms with Crippen LogP contribution in [0.2, 0.25) is 0 Å². The van der Waals surface area contributed by atoms with E-state index in [4.69, 9.17) is 0 Å². The zero-order chi connectivity index (χ0) is 16.1. The SMILES string of the molecule is O=C1CC[C@H](N2Cc3c(cccc3C(F)(F)F)C2=O)C(=O)N1. The van der Waals surface area contributed by atoms with E-state index in [0.29, 0.717) is 0 Å². The van der Waals surface area contributed by atoms with Gasteiger partial charge in [0.2, 0.25) is 11.8 Å². The molecule has 1 fully saturated rings. The largest absolute Gasteiger partial charge is 0.416 e. The number of piperidine rings is 1. The molecule has 1 N–H and O–H groups in total. The molecule has 1 aromatic carbocycles. The summed E-state index contributed by atoms with van der Waals surface area (Å²) in [6, 6.07) is 2.49. The van der Waals surface area contributed by atoms with E-state index in [1.54, 1.807) is 0 Å². The lowest BCUT2D eigenvalue weighted by Crippen LogP contribution is -2.52. The Labute approximate surface area is 123 Å². The molecule has 1 aromatic rings. The molecular formula is C14H11F3N2O3. The second-order valence-corrected chi connectivity index (χ2v) is 5.23. The fourth-order valence-corrected chi connectivity index (χ4v) is 2.85. The fourth-order valence-electron chi connectivity index (χ4n) is 2.85. The molecule has 1 atom stereocenters. The third-order valence-electron chi connectivity index (χ3n) is 3.89. The number of hydrogen-bond donors (Lipinski definition) is 1. The first-order valence-corrected chi connectivity index (χ1v) is 6.63. The second kappa shape index (κ2) is 4.82. The van der Waals surface area contributed by atoms with Crippen molar-refractivity contribution in [2.45, 2.75) is 31.6 Å². The lowest BCUT2D eigenvalue weighted by Gasteiger charge is -2.29. The van der Waals surface area contributed by atoms with Gasteiger partial charge in [-0.15, -0.1) is 0 Å². The Morgan fingerprint density at radius 2 is 1.91 bits per heavy atom. The summed E-state index contributed by atoms with van der Waals surface area (Å²) in [6.45, 7) is -0.282. The van der Waals surface area contributed by atoms with Gasteiger partial charge in [-0.25, -0.2) is 0 Å². The Hall–Kier alpha value is -2.38. The number of fused-ring (bicyclic) bond motifs is 1. The topological polar surface area (TPSA) is 66.5 Å². The zero-order valence-corrected chi connectivity index (χ0v) is 11.2. The minimum atomic E-state index is -4.56. The van der Waals surface area contributed by atoms with Crippen LogP contribution in [0.25, 0.3) is 0 Å². The van der Waals surface area contributed by atoms with Gasteiger partial charge >= 0.3 is 6.18 Å². The van der Waals surface area contributed by atoms with E-state index < -0.39 is 35.5 Å². The van der Waals surface area contributed by atoms with Gasteiger partial charge in [-0.3, -0.25) is 19.7 Å². The highest BCUT2D eigenvalue weighted by Crippen LogP contribution is 2.38. The number of hydrogen-bond acceptors (Lipinski definition) is 3. The van der Waals surface area contributed by atoms with E-state index in [1.807, 2.05) is 0 Å². The van der Waals surface area contributed by atoms with Gasteiger partial charge in [0.1, 0.15) is 6.04 Å². The maximum Gasteiger partial charge on any atom is 0.416 e. The third kappa shape index (κ3) is 2.24. The minimum Gasteiger partial charge on any atom is -0.322 e. The van der Waals surface area contributed by atoms with Crippen LogP contribution in [0.15, 0.2) is 18.2 Å². The number of alkyl halides is 3. The standard InChI is InChI=1S/C14H11F3N2O3/c15-14(16,17)9-3-1-2-7-8(9)6-19(13(7)22)10-4-5-11(20)18-12(10)21/h1-3,10H,4-6H2,(H,18,20,21)/t10-/m0/s1. The summed E-state index contributed by atoms with van der Waals surface area (Å²) >= 11 is 0. The molecule has 0 spiro atoms. The molecule has 0 bridgehead atoms. The predicted octanol–water partition coefficient (Wildman–Crippen LogP) is 1.47. The van der Waals surface area contributed by atoms with Crippen molar-refractivity contribution in [1.29, 1.82) is 0 Å². The van der Waals surface area contributed by atoms with E-state index in [2.05, 4.69) is 5.32 Å². The van der Waals surface area contributed by atoms with Crippen molar-refractivity contribution in [3.63, 3.8) is 0 Å². The van der Waals surface area contributed by atoms with Crippen LogP contribution in [-0.2, 0) is 22.3 Å². The van der Waals surface area contributed by atoms with Crippen molar-refractivity contribution >= 4 is 17.7 Å². The van der Waals surface area contributed by atoms with Crippen LogP contribution in [0.4, 0.5) is 13.2 Å². The molecule has 5 nitrogen and oxygen atoms in total. The number of amides is 3. The maximum absolute atomic E-state index is 13.0. The summed E-state index contributed by atoms with van der Waals surface area (Å²) in [7, 11) is 0. The van der Waals surface area contributed by atoms with E-state index in [0.717, 1.165) is 11.0 Å². The minimum absolute atomic E-state index is 0.0421. The normalized spacial score (nSPS) is 21.9. The molecule has 0 radical (unpaired) electrons. The molecule has 1 saturated heterocycles. The smallest absolute Gasteiger partial charge is 0.322 e. The van der Waals surface area contributed by atoms with Gasteiger partial charge in [0.05, 0.1) is 5.56 Å². The van der Waals surface area contributed by atoms with Crippen LogP contribution >= 0.6 is 0 Å². The Morgan fingerprint density at radius 1 is 1.18 bits per heavy atom. The zero-order valence-electron chi connectivity index (χ0n) is 11.2. The molecule has 0 unspecified atom stereocenters. The van der Waals surface area contributed by atoms with Crippen molar-refractivity contribution in [3.05, 3.63) is 34.9 Å². The lowest BCUT2D eigenvalue weighted by molar-refractivity contribution is -0.138. The summed E-state index contributed by atoms with van der Waals surface area (Å²) in [5.74, 6) is -1.71. The number of benzene rings is 1. The van der Waals surface area contributed by atoms with Gasteiger partial charge in [0, 0.05) is 18.5 Å². The van der Waals surface area contributed by atoms with Gasteiger partial charge in [-0.1, -0.05) is 6.07 Å². The molecule has 0 saturated carbocycles. The monoisotopic (exact) mass is 312 g/mol. The Morgan fingerprint density at radius 3 is 2.55 bits per heavy atom. The van der Waals surface area contributed by atoms with Crippen molar-refractivity contribution in [1.82, 2.24) is 10.2 Å². The summed E-state index contributed by atoms with van der Waals surface area (Å²) < 4.78 is 39.0. The van der Waals surface area contributed by atoms with E-state index in [1.165, 1.54) is 12.1 Å². The molecule has 3 rings (SSSR count). The van der Waals surface area contributed by atoms with Gasteiger partial charge in [-0.2, -0.15) is 13.2 Å². The van der Waals surface area contributed by atoms with Crippen LogP contribution in [0, 0.1) is 0 Å². The first kappa shape index (κ1) is 14.6. The molecular weight excluding hydrogens is 301 g/mol. The predicted molar refractivity (Wildman–Crippen MR) is 67.5 cm³/mol. The molecule has 8 heteroatoms. The van der Waals surface area contributed by atoms with Crippen molar-refractivity contribution in [2.24, 2.45) is 0 Å². The Balaban J connectivity index is 1.95. The first-order chi connectivity index (χ1) is 10.3. The molecule has 2 aliphatic rings. The number of carbonyl (C=O) groups excluding carboxylic acids is 3. The van der Waals surface area contributed by atoms with Crippen molar-refractivity contribution in [3.8, 4) is 0 Å². The molecule has 0 aromatic heterocycles. The molecule has 116 valence electrons. The lowest BCUT2D eigenvalue weighted by atomic mass is 10.0. The first-order valence-electron chi connectivity index (χ1n) is 6.63. The molecule has 22 heavy (non-hydrogen) atoms. The average molecular weight is 312 g/mol. The highest BCUT2D eigenvalue weighted by molar-refractivity contribution is 6.05. The van der Waals surface area contributed by atoms with Crippen LogP contribution < -0.4 is 5.32 Å². The number of imide groups is 1. The number of carbonyl (C=O) groups is 3. The Bertz CT molecular complexity index is 684. The van der Waals surface area contributed by atoms with Crippen LogP contribution in [0.1, 0.15) is 34.3 Å². The summed E-state index contributed by atoms with van der Waals surface area (Å²) in [5, 5.41) is 2.10. The quantitative estimate of drug-likeness (QED) is 0.799. The van der Waals surface area contributed by atoms with E-state index >= 15 is 0 Å². The summed E-state index contributed by atoms with van der Waals surface area (Å²) in [5.41, 5.74) is -1.03. The number of nitrogens with one attached hydrogen (secondary N) is 1. The van der Waals surface area contributed by atoms with E-state index in [-0.39, 0.29) is 30.5 Å². The van der Waals surface area contributed by atoms with Crippen molar-refractivity contribution < 1.29 is 27.6 Å². The molecule has 2 aliphatic heterocycles. The van der Waals surface area contributed by atoms with Gasteiger partial charge < -0.3 is 4.90 Å². The second-order valence-electron chi connectivity index (χ2n) is 5.23. The van der Waals surface area contributed by atoms with Crippen LogP contribution in [0.3, 0.4) is 0 Å². The van der Waals surface area contributed by atoms with E-state index in [9.17, 15) is 27.6 Å². The highest BCUT2D eigenvalue weighted by Gasteiger charge is 2.43. The maximum atomic E-state index is 13.0. The van der Waals surface area contributed by atoms with Gasteiger partial charge in [-0.05, 0) is 24.1 Å². The van der Waals surface area contributed by atoms with Crippen LogP contribution in [-0.4, -0.2) is 28.7 Å². The van der Waals surface area contributed by atoms with Crippen molar-refractivity contribution in [2.75, 3.05) is 0 Å². The number of rotatable bonds is 1. The third-order valence-corrected chi connectivity index (χ3v) is 3.89. The van der Waals surface area contributed by atoms with Gasteiger partial charge in [0.15, 0.2) is 0 Å². The molecule has 3 amide bonds. The van der Waals surface area contributed by atoms with Gasteiger partial charge in [0.25, 0.3) is 5.91 Å². The van der Waals surface area contributed by atoms with Crippen LogP contribution in [0.5, 0.6) is 0 Å². The highest BCUT2D eigenvalue weighted by atomic mass is 19.4. The summed E-state index contributed by atoms with van der Waals surface area (Å²) in [6.07, 6.45) is -4.39. The number of nitrogens with zero attached hydrogens (tertiary/aromatic N) is 1. The molecule has 2 heterocycles. The average Bonchev–Trinajstić information content (AvgIpc) is 2.75. The Kier molecular flexibility index (Phi) is 3.19. The fraction of sp³-hybridized carbons (Fsp3) is 0.357. The summed E-state index contributed by atoms with van der Waals surface area (Å²) in [4.78, 5) is 36.4. The number of halogens is 3. The molecule has 0 aliphatic carbocycles.